The maximum absolute atomic E-state index is 12.7. The van der Waals surface area contributed by atoms with Crippen molar-refractivity contribution in [2.45, 2.75) is 39.5 Å². The van der Waals surface area contributed by atoms with Crippen molar-refractivity contribution >= 4 is 0 Å². The van der Waals surface area contributed by atoms with Gasteiger partial charge >= 0.3 is 0 Å². The number of hydrogen-bond donors (Lipinski definition) is 0. The standard InChI is InChI=1S/C8H9F2N.C7H10N2/c1-2-3-6-7(9)4-11-5-8(6)10;1-6(2)7-8-4-3-5-9-7/h4-5H,2-3H2,1H3;3-6H,1-2H3. The molecule has 108 valence electrons. The van der Waals surface area contributed by atoms with E-state index in [-0.39, 0.29) is 5.56 Å². The summed E-state index contributed by atoms with van der Waals surface area (Å²) < 4.78 is 25.5. The highest BCUT2D eigenvalue weighted by molar-refractivity contribution is 5.14. The van der Waals surface area contributed by atoms with Gasteiger partial charge in [-0.2, -0.15) is 0 Å². The van der Waals surface area contributed by atoms with Crippen molar-refractivity contribution in [3.63, 3.8) is 0 Å². The van der Waals surface area contributed by atoms with Gasteiger partial charge in [-0.3, -0.25) is 4.98 Å². The number of rotatable bonds is 3. The molecule has 0 fully saturated rings. The summed E-state index contributed by atoms with van der Waals surface area (Å²) in [5.41, 5.74) is 0.141. The molecule has 0 saturated carbocycles. The quantitative estimate of drug-likeness (QED) is 0.855. The molecular formula is C15H19F2N3. The van der Waals surface area contributed by atoms with Crippen molar-refractivity contribution in [3.8, 4) is 0 Å². The molecule has 0 aliphatic rings. The predicted molar refractivity (Wildman–Crippen MR) is 74.3 cm³/mol. The average Bonchev–Trinajstić information content (AvgIpc) is 2.45. The smallest absolute Gasteiger partial charge is 0.147 e. The molecule has 5 heteroatoms. The van der Waals surface area contributed by atoms with Gasteiger partial charge in [-0.15, -0.1) is 0 Å². The number of hydrogen-bond acceptors (Lipinski definition) is 3. The third kappa shape index (κ3) is 4.99. The lowest BCUT2D eigenvalue weighted by molar-refractivity contribution is 0.543. The van der Waals surface area contributed by atoms with Crippen LogP contribution in [0.4, 0.5) is 8.78 Å². The fourth-order valence-electron chi connectivity index (χ4n) is 1.54. The molecule has 0 unspecified atom stereocenters. The highest BCUT2D eigenvalue weighted by Gasteiger charge is 2.06. The Morgan fingerprint density at radius 1 is 1.05 bits per heavy atom. The predicted octanol–water partition coefficient (Wildman–Crippen LogP) is 3.91. The normalized spacial score (nSPS) is 10.1. The highest BCUT2D eigenvalue weighted by Crippen LogP contribution is 2.11. The molecule has 0 radical (unpaired) electrons. The van der Waals surface area contributed by atoms with Gasteiger partial charge in [-0.05, 0) is 12.5 Å². The van der Waals surface area contributed by atoms with Gasteiger partial charge in [-0.1, -0.05) is 27.2 Å². The summed E-state index contributed by atoms with van der Waals surface area (Å²) in [7, 11) is 0. The summed E-state index contributed by atoms with van der Waals surface area (Å²) in [6.45, 7) is 6.03. The third-order valence-electron chi connectivity index (χ3n) is 2.55. The van der Waals surface area contributed by atoms with E-state index in [4.69, 9.17) is 0 Å². The maximum Gasteiger partial charge on any atom is 0.147 e. The molecular weight excluding hydrogens is 260 g/mol. The lowest BCUT2D eigenvalue weighted by atomic mass is 10.1. The van der Waals surface area contributed by atoms with Crippen LogP contribution in [0.25, 0.3) is 0 Å². The summed E-state index contributed by atoms with van der Waals surface area (Å²) in [6.07, 6.45) is 6.77. The van der Waals surface area contributed by atoms with Crippen LogP contribution in [0.15, 0.2) is 30.9 Å². The van der Waals surface area contributed by atoms with Crippen LogP contribution in [0, 0.1) is 11.6 Å². The molecule has 0 bridgehead atoms. The van der Waals surface area contributed by atoms with Crippen LogP contribution < -0.4 is 0 Å². The highest BCUT2D eigenvalue weighted by atomic mass is 19.1. The van der Waals surface area contributed by atoms with Gasteiger partial charge in [0.05, 0.1) is 12.4 Å². The van der Waals surface area contributed by atoms with Gasteiger partial charge in [-0.25, -0.2) is 18.7 Å². The number of pyridine rings is 1. The van der Waals surface area contributed by atoms with E-state index < -0.39 is 11.6 Å². The lowest BCUT2D eigenvalue weighted by Gasteiger charge is -2.00. The molecule has 0 atom stereocenters. The van der Waals surface area contributed by atoms with Crippen molar-refractivity contribution < 1.29 is 8.78 Å². The summed E-state index contributed by atoms with van der Waals surface area (Å²) in [5, 5.41) is 0. The molecule has 20 heavy (non-hydrogen) atoms. The molecule has 0 spiro atoms. The molecule has 2 heterocycles. The monoisotopic (exact) mass is 279 g/mol. The van der Waals surface area contributed by atoms with Crippen LogP contribution in [0.2, 0.25) is 0 Å². The van der Waals surface area contributed by atoms with Crippen molar-refractivity contribution in [1.29, 1.82) is 0 Å². The summed E-state index contributed by atoms with van der Waals surface area (Å²) in [5.74, 6) is 0.252. The third-order valence-corrected chi connectivity index (χ3v) is 2.55. The van der Waals surface area contributed by atoms with Crippen LogP contribution in [-0.2, 0) is 6.42 Å². The van der Waals surface area contributed by atoms with E-state index >= 15 is 0 Å². The first-order valence-corrected chi connectivity index (χ1v) is 6.61. The van der Waals surface area contributed by atoms with E-state index in [1.807, 2.05) is 13.0 Å². The van der Waals surface area contributed by atoms with Gasteiger partial charge in [0, 0.05) is 23.9 Å². The Bertz CT molecular complexity index is 496. The van der Waals surface area contributed by atoms with Gasteiger partial charge in [0.15, 0.2) is 0 Å². The fraction of sp³-hybridized carbons (Fsp3) is 0.400. The second kappa shape index (κ2) is 8.30. The van der Waals surface area contributed by atoms with Crippen LogP contribution in [0.1, 0.15) is 44.5 Å². The molecule has 0 aromatic carbocycles. The second-order valence-corrected chi connectivity index (χ2v) is 4.59. The van der Waals surface area contributed by atoms with Gasteiger partial charge in [0.1, 0.15) is 17.5 Å². The molecule has 0 saturated heterocycles. The summed E-state index contributed by atoms with van der Waals surface area (Å²) >= 11 is 0. The molecule has 2 rings (SSSR count). The van der Waals surface area contributed by atoms with E-state index in [9.17, 15) is 8.78 Å². The first-order chi connectivity index (χ1) is 9.56. The minimum absolute atomic E-state index is 0.141. The number of aromatic nitrogens is 3. The molecule has 2 aromatic rings. The van der Waals surface area contributed by atoms with Crippen LogP contribution in [-0.4, -0.2) is 15.0 Å². The van der Waals surface area contributed by atoms with Gasteiger partial charge in [0.25, 0.3) is 0 Å². The van der Waals surface area contributed by atoms with E-state index in [1.54, 1.807) is 12.4 Å². The number of nitrogens with zero attached hydrogens (tertiary/aromatic N) is 3. The Morgan fingerprint density at radius 2 is 1.60 bits per heavy atom. The largest absolute Gasteiger partial charge is 0.259 e. The van der Waals surface area contributed by atoms with Gasteiger partial charge < -0.3 is 0 Å². The van der Waals surface area contributed by atoms with Crippen LogP contribution >= 0.6 is 0 Å². The van der Waals surface area contributed by atoms with E-state index in [0.717, 1.165) is 24.6 Å². The fourth-order valence-corrected chi connectivity index (χ4v) is 1.54. The molecule has 0 amide bonds. The minimum atomic E-state index is -0.549. The van der Waals surface area contributed by atoms with E-state index in [1.165, 1.54) is 0 Å². The zero-order valence-corrected chi connectivity index (χ0v) is 12.0. The zero-order valence-electron chi connectivity index (χ0n) is 12.0. The lowest BCUT2D eigenvalue weighted by Crippen LogP contribution is -1.95. The molecule has 0 aliphatic heterocycles. The summed E-state index contributed by atoms with van der Waals surface area (Å²) in [4.78, 5) is 11.5. The zero-order chi connectivity index (χ0) is 15.0. The molecule has 3 nitrogen and oxygen atoms in total. The Balaban J connectivity index is 0.000000204. The van der Waals surface area contributed by atoms with Gasteiger partial charge in [0.2, 0.25) is 0 Å². The first-order valence-electron chi connectivity index (χ1n) is 6.61. The van der Waals surface area contributed by atoms with Crippen LogP contribution in [0.3, 0.4) is 0 Å². The van der Waals surface area contributed by atoms with E-state index in [0.29, 0.717) is 12.3 Å². The second-order valence-electron chi connectivity index (χ2n) is 4.59. The maximum atomic E-state index is 12.7. The van der Waals surface area contributed by atoms with Crippen molar-refractivity contribution in [3.05, 3.63) is 53.9 Å². The van der Waals surface area contributed by atoms with Crippen molar-refractivity contribution in [1.82, 2.24) is 15.0 Å². The molecule has 0 aliphatic carbocycles. The van der Waals surface area contributed by atoms with Crippen molar-refractivity contribution in [2.75, 3.05) is 0 Å². The minimum Gasteiger partial charge on any atom is -0.259 e. The van der Waals surface area contributed by atoms with Crippen molar-refractivity contribution in [2.24, 2.45) is 0 Å². The summed E-state index contributed by atoms with van der Waals surface area (Å²) in [6, 6.07) is 1.83. The topological polar surface area (TPSA) is 38.7 Å². The number of halogens is 2. The molecule has 0 N–H and O–H groups in total. The first kappa shape index (κ1) is 16.1. The molecule has 2 aromatic heterocycles. The Morgan fingerprint density at radius 3 is 2.00 bits per heavy atom. The van der Waals surface area contributed by atoms with Crippen LogP contribution in [0.5, 0.6) is 0 Å². The van der Waals surface area contributed by atoms with E-state index in [2.05, 4.69) is 28.8 Å². The SMILES string of the molecule is CC(C)c1ncccn1.CCCc1c(F)cncc1F. The average molecular weight is 279 g/mol. The Labute approximate surface area is 118 Å². The Kier molecular flexibility index (Phi) is 6.70. The Hall–Kier alpha value is -1.91.